The van der Waals surface area contributed by atoms with Gasteiger partial charge in [0.05, 0.1) is 0 Å². The largest absolute Gasteiger partial charge is 0.457 e. The van der Waals surface area contributed by atoms with Crippen molar-refractivity contribution in [2.24, 2.45) is 0 Å². The highest BCUT2D eigenvalue weighted by Gasteiger charge is 2.28. The minimum atomic E-state index is 0.270. The van der Waals surface area contributed by atoms with E-state index in [1.54, 1.807) is 0 Å². The van der Waals surface area contributed by atoms with Crippen LogP contribution in [-0.2, 0) is 21.8 Å². The number of benzene rings is 3. The molecule has 0 unspecified atom stereocenters. The van der Waals surface area contributed by atoms with Crippen LogP contribution in [0.3, 0.4) is 0 Å². The van der Waals surface area contributed by atoms with Gasteiger partial charge < -0.3 is 4.74 Å². The van der Waals surface area contributed by atoms with Crippen molar-refractivity contribution in [1.82, 2.24) is 0 Å². The molecular formula is C32H38O3S3+2. The van der Waals surface area contributed by atoms with Crippen LogP contribution in [0.1, 0.15) is 53.3 Å². The molecule has 3 aromatic carbocycles. The first-order valence-corrected chi connectivity index (χ1v) is 18.0. The molecule has 0 spiro atoms. The highest BCUT2D eigenvalue weighted by atomic mass is 32.2. The Bertz CT molecular complexity index is 1130. The third-order valence-electron chi connectivity index (χ3n) is 6.54. The van der Waals surface area contributed by atoms with Crippen molar-refractivity contribution < 1.29 is 14.3 Å². The van der Waals surface area contributed by atoms with Crippen LogP contribution >= 0.6 is 11.8 Å². The summed E-state index contributed by atoms with van der Waals surface area (Å²) in [5.41, 5.74) is 1.69. The lowest BCUT2D eigenvalue weighted by Crippen LogP contribution is -2.17. The van der Waals surface area contributed by atoms with Crippen LogP contribution < -0.4 is 4.74 Å². The molecule has 2 aliphatic rings. The first kappa shape index (κ1) is 28.8. The van der Waals surface area contributed by atoms with Crippen LogP contribution in [0.4, 0.5) is 0 Å². The molecule has 2 fully saturated rings. The zero-order valence-corrected chi connectivity index (χ0v) is 24.7. The Labute approximate surface area is 237 Å². The summed E-state index contributed by atoms with van der Waals surface area (Å²) >= 11 is 1.82. The fourth-order valence-electron chi connectivity index (χ4n) is 4.49. The van der Waals surface area contributed by atoms with Crippen LogP contribution in [0.5, 0.6) is 11.5 Å². The van der Waals surface area contributed by atoms with Gasteiger partial charge in [-0.3, -0.25) is 9.59 Å². The van der Waals surface area contributed by atoms with Crippen molar-refractivity contribution in [1.29, 1.82) is 0 Å². The molecule has 0 N–H and O–H groups in total. The molecule has 0 saturated carbocycles. The Morgan fingerprint density at radius 2 is 1.11 bits per heavy atom. The number of thioether (sulfide) groups is 1. The van der Waals surface area contributed by atoms with E-state index in [9.17, 15) is 9.59 Å². The van der Waals surface area contributed by atoms with Gasteiger partial charge in [-0.15, -0.1) is 11.8 Å². The van der Waals surface area contributed by atoms with Crippen LogP contribution in [0.25, 0.3) is 0 Å². The average molecular weight is 567 g/mol. The van der Waals surface area contributed by atoms with Gasteiger partial charge in [0.15, 0.2) is 11.5 Å². The Hall–Kier alpha value is -2.15. The van der Waals surface area contributed by atoms with Crippen LogP contribution in [0.2, 0.25) is 0 Å². The zero-order valence-electron chi connectivity index (χ0n) is 22.2. The molecule has 3 aromatic rings. The standard InChI is InChI=1S/C18H19O2S.C14H19OS2/c19-18(14-21-12-4-5-13-21)15-8-10-17(11-9-15)20-16-6-2-1-3-7-16;1-2-16-13-7-5-12(6-8-13)14(15)11-17-9-3-4-10-17/h1-3,6-11H,4-5,12-14H2;5-8H,2-4,9-11H2,1H3/q2*+1. The Balaban J connectivity index is 0.000000181. The average Bonchev–Trinajstić information content (AvgIpc) is 3.65. The van der Waals surface area contributed by atoms with Crippen molar-refractivity contribution in [2.45, 2.75) is 37.5 Å². The van der Waals surface area contributed by atoms with E-state index in [1.807, 2.05) is 78.5 Å². The maximum Gasteiger partial charge on any atom is 0.211 e. The number of para-hydroxylation sites is 1. The number of hydrogen-bond acceptors (Lipinski definition) is 4. The predicted octanol–water partition coefficient (Wildman–Crippen LogP) is 7.47. The van der Waals surface area contributed by atoms with Gasteiger partial charge in [-0.2, -0.15) is 0 Å². The summed E-state index contributed by atoms with van der Waals surface area (Å²) < 4.78 is 5.74. The molecule has 0 radical (unpaired) electrons. The topological polar surface area (TPSA) is 43.4 Å². The summed E-state index contributed by atoms with van der Waals surface area (Å²) in [6, 6.07) is 25.3. The summed E-state index contributed by atoms with van der Waals surface area (Å²) in [6.07, 6.45) is 5.23. The molecule has 5 rings (SSSR count). The van der Waals surface area contributed by atoms with Gasteiger partial charge in [-0.1, -0.05) is 37.3 Å². The van der Waals surface area contributed by atoms with Crippen LogP contribution in [0.15, 0.2) is 83.8 Å². The highest BCUT2D eigenvalue weighted by molar-refractivity contribution is 7.99. The number of carbonyl (C=O) groups is 2. The Morgan fingerprint density at radius 1 is 0.658 bits per heavy atom. The van der Waals surface area contributed by atoms with Gasteiger partial charge in [-0.25, -0.2) is 0 Å². The lowest BCUT2D eigenvalue weighted by molar-refractivity contribution is 0.101. The van der Waals surface area contributed by atoms with Gasteiger partial charge >= 0.3 is 0 Å². The van der Waals surface area contributed by atoms with Gasteiger partial charge in [0.1, 0.15) is 34.5 Å². The van der Waals surface area contributed by atoms with Gasteiger partial charge in [-0.05, 0) is 102 Å². The summed E-state index contributed by atoms with van der Waals surface area (Å²) in [5, 5.41) is 0. The molecule has 0 amide bonds. The maximum atomic E-state index is 12.2. The normalized spacial score (nSPS) is 15.6. The number of Topliss-reactive ketones (excluding diaryl/α,β-unsaturated/α-hetero) is 2. The first-order chi connectivity index (χ1) is 18.6. The number of carbonyl (C=O) groups excluding carboxylic acids is 2. The molecule has 0 bridgehead atoms. The van der Waals surface area contributed by atoms with Gasteiger partial charge in [0, 0.05) is 16.0 Å². The molecule has 3 nitrogen and oxygen atoms in total. The van der Waals surface area contributed by atoms with Crippen LogP contribution in [0, 0.1) is 0 Å². The van der Waals surface area contributed by atoms with Crippen LogP contribution in [-0.4, -0.2) is 51.8 Å². The Kier molecular flexibility index (Phi) is 11.7. The third-order valence-corrected chi connectivity index (χ3v) is 12.2. The number of ether oxygens (including phenoxy) is 1. The molecule has 0 aromatic heterocycles. The third kappa shape index (κ3) is 9.25. The zero-order chi connectivity index (χ0) is 26.6. The van der Waals surface area contributed by atoms with E-state index >= 15 is 0 Å². The second-order valence-corrected chi connectivity index (χ2v) is 15.5. The van der Waals surface area contributed by atoms with Crippen molar-refractivity contribution in [2.75, 3.05) is 40.3 Å². The van der Waals surface area contributed by atoms with Gasteiger partial charge in [0.25, 0.3) is 0 Å². The van der Waals surface area contributed by atoms with Gasteiger partial charge in [0.2, 0.25) is 11.6 Å². The first-order valence-electron chi connectivity index (χ1n) is 13.5. The fraction of sp³-hybridized carbons (Fsp3) is 0.375. The second-order valence-electron chi connectivity index (χ2n) is 9.49. The van der Waals surface area contributed by atoms with Crippen molar-refractivity contribution in [3.63, 3.8) is 0 Å². The quantitative estimate of drug-likeness (QED) is 0.145. The van der Waals surface area contributed by atoms with E-state index < -0.39 is 0 Å². The molecule has 2 saturated heterocycles. The lowest BCUT2D eigenvalue weighted by atomic mass is 10.1. The second kappa shape index (κ2) is 15.4. The molecule has 0 atom stereocenters. The minimum Gasteiger partial charge on any atom is -0.457 e. The SMILES string of the molecule is CCSc1ccc(C(=O)C[S+]2CCCC2)cc1.O=C(C[S+]1CCCC1)c1ccc(Oc2ccccc2)cc1. The summed E-state index contributed by atoms with van der Waals surface area (Å²) in [4.78, 5) is 25.6. The molecule has 2 heterocycles. The highest BCUT2D eigenvalue weighted by Crippen LogP contribution is 2.23. The maximum absolute atomic E-state index is 12.2. The van der Waals surface area contributed by atoms with E-state index in [-0.39, 0.29) is 5.78 Å². The molecule has 6 heteroatoms. The minimum absolute atomic E-state index is 0.270. The smallest absolute Gasteiger partial charge is 0.211 e. The van der Waals surface area contributed by atoms with E-state index in [0.29, 0.717) is 27.6 Å². The fourth-order valence-corrected chi connectivity index (χ4v) is 9.66. The van der Waals surface area contributed by atoms with E-state index in [1.165, 1.54) is 53.6 Å². The lowest BCUT2D eigenvalue weighted by Gasteiger charge is -2.06. The van der Waals surface area contributed by atoms with E-state index in [4.69, 9.17) is 4.74 Å². The van der Waals surface area contributed by atoms with E-state index in [0.717, 1.165) is 39.9 Å². The molecule has 38 heavy (non-hydrogen) atoms. The van der Waals surface area contributed by atoms with Crippen molar-refractivity contribution >= 4 is 45.1 Å². The monoisotopic (exact) mass is 566 g/mol. The predicted molar refractivity (Wildman–Crippen MR) is 167 cm³/mol. The number of rotatable bonds is 10. The molecule has 0 aliphatic carbocycles. The van der Waals surface area contributed by atoms with E-state index in [2.05, 4.69) is 19.1 Å². The van der Waals surface area contributed by atoms with Crippen molar-refractivity contribution in [3.05, 3.63) is 90.0 Å². The summed E-state index contributed by atoms with van der Waals surface area (Å²) in [5.74, 6) is 9.78. The molecule has 2 aliphatic heterocycles. The number of ketones is 2. The Morgan fingerprint density at radius 3 is 1.58 bits per heavy atom. The van der Waals surface area contributed by atoms with Crippen molar-refractivity contribution in [3.8, 4) is 11.5 Å². The number of hydrogen-bond donors (Lipinski definition) is 0. The molecule has 200 valence electrons. The summed E-state index contributed by atoms with van der Waals surface area (Å²) in [6.45, 7) is 2.14. The summed E-state index contributed by atoms with van der Waals surface area (Å²) in [7, 11) is 0.703. The molecular weight excluding hydrogens is 529 g/mol.